The average Bonchev–Trinajstić information content (AvgIpc) is 3.09. The van der Waals surface area contributed by atoms with Gasteiger partial charge in [0.2, 0.25) is 10.0 Å². The molecule has 5 rings (SSSR count). The van der Waals surface area contributed by atoms with Crippen molar-refractivity contribution in [2.24, 2.45) is 5.92 Å². The van der Waals surface area contributed by atoms with E-state index in [0.29, 0.717) is 23.9 Å². The van der Waals surface area contributed by atoms with Gasteiger partial charge in [-0.3, -0.25) is 4.90 Å². The highest BCUT2D eigenvalue weighted by molar-refractivity contribution is 9.10. The van der Waals surface area contributed by atoms with Gasteiger partial charge in [0.1, 0.15) is 0 Å². The predicted octanol–water partition coefficient (Wildman–Crippen LogP) is 4.87. The number of likely N-dealkylation sites (tertiary alicyclic amines) is 1. The molecule has 160 valence electrons. The van der Waals surface area contributed by atoms with Crippen LogP contribution in [0.4, 0.5) is 0 Å². The Kier molecular flexibility index (Phi) is 5.73. The molecule has 0 spiro atoms. The Labute approximate surface area is 192 Å². The van der Waals surface area contributed by atoms with Crippen molar-refractivity contribution >= 4 is 26.0 Å². The molecular weight excluding hydrogens is 472 g/mol. The van der Waals surface area contributed by atoms with Gasteiger partial charge in [-0.2, -0.15) is 4.31 Å². The van der Waals surface area contributed by atoms with E-state index in [9.17, 15) is 8.42 Å². The Morgan fingerprint density at radius 2 is 1.65 bits per heavy atom. The van der Waals surface area contributed by atoms with Crippen LogP contribution in [0.3, 0.4) is 0 Å². The fourth-order valence-corrected chi connectivity index (χ4v) is 7.06. The monoisotopic (exact) mass is 496 g/mol. The molecule has 31 heavy (non-hydrogen) atoms. The third-order valence-corrected chi connectivity index (χ3v) is 8.74. The summed E-state index contributed by atoms with van der Waals surface area (Å²) >= 11 is 3.41. The summed E-state index contributed by atoms with van der Waals surface area (Å²) in [5.41, 5.74) is 3.72. The maximum Gasteiger partial charge on any atom is 0.243 e. The third kappa shape index (κ3) is 4.22. The zero-order valence-electron chi connectivity index (χ0n) is 17.2. The van der Waals surface area contributed by atoms with Gasteiger partial charge in [-0.25, -0.2) is 8.42 Å². The number of nitrogens with zero attached hydrogens (tertiary/aromatic N) is 2. The Morgan fingerprint density at radius 3 is 2.45 bits per heavy atom. The molecule has 0 bridgehead atoms. The molecule has 0 aromatic heterocycles. The second kappa shape index (κ2) is 8.51. The first kappa shape index (κ1) is 20.9. The van der Waals surface area contributed by atoms with Gasteiger partial charge in [0.05, 0.1) is 4.90 Å². The van der Waals surface area contributed by atoms with Crippen LogP contribution in [0, 0.1) is 5.92 Å². The van der Waals surface area contributed by atoms with Gasteiger partial charge in [0, 0.05) is 43.1 Å². The van der Waals surface area contributed by atoms with Gasteiger partial charge in [0.25, 0.3) is 0 Å². The Hall–Kier alpha value is -1.99. The van der Waals surface area contributed by atoms with Crippen LogP contribution in [0.15, 0.2) is 88.2 Å². The van der Waals surface area contributed by atoms with Gasteiger partial charge in [-0.15, -0.1) is 0 Å². The van der Waals surface area contributed by atoms with Crippen LogP contribution < -0.4 is 0 Å². The molecular formula is C25H25BrN2O2S. The minimum absolute atomic E-state index is 0.272. The van der Waals surface area contributed by atoms with Crippen molar-refractivity contribution in [2.45, 2.75) is 23.9 Å². The van der Waals surface area contributed by atoms with Crippen molar-refractivity contribution in [1.82, 2.24) is 9.21 Å². The van der Waals surface area contributed by atoms with E-state index in [4.69, 9.17) is 0 Å². The number of halogens is 1. The molecule has 3 aromatic carbocycles. The van der Waals surface area contributed by atoms with E-state index in [1.807, 2.05) is 18.2 Å². The molecule has 0 N–H and O–H groups in total. The van der Waals surface area contributed by atoms with Gasteiger partial charge in [0.15, 0.2) is 0 Å². The molecule has 2 heterocycles. The first-order valence-electron chi connectivity index (χ1n) is 10.6. The number of rotatable bonds is 4. The fraction of sp³-hybridized carbons (Fsp3) is 0.280. The molecule has 2 aliphatic rings. The van der Waals surface area contributed by atoms with Crippen molar-refractivity contribution in [3.05, 3.63) is 100 Å². The SMILES string of the molecule is O=S(=O)(c1cccc(Br)c1)N1Cc2ccccc2C2CN(Cc3ccccc3)C[C@H]2C1. The van der Waals surface area contributed by atoms with E-state index < -0.39 is 10.0 Å². The Bertz CT molecular complexity index is 1180. The van der Waals surface area contributed by atoms with Crippen molar-refractivity contribution in [1.29, 1.82) is 0 Å². The fourth-order valence-electron chi connectivity index (χ4n) is 4.98. The van der Waals surface area contributed by atoms with E-state index in [-0.39, 0.29) is 5.92 Å². The summed E-state index contributed by atoms with van der Waals surface area (Å²) in [5.74, 6) is 0.622. The lowest BCUT2D eigenvalue weighted by Gasteiger charge is -2.24. The second-order valence-electron chi connectivity index (χ2n) is 8.50. The van der Waals surface area contributed by atoms with E-state index in [1.54, 1.807) is 22.5 Å². The van der Waals surface area contributed by atoms with E-state index in [1.165, 1.54) is 11.1 Å². The van der Waals surface area contributed by atoms with Gasteiger partial charge in [-0.1, -0.05) is 76.6 Å². The predicted molar refractivity (Wildman–Crippen MR) is 126 cm³/mol. The molecule has 6 heteroatoms. The first-order chi connectivity index (χ1) is 15.0. The molecule has 3 aromatic rings. The normalized spacial score (nSPS) is 22.0. The van der Waals surface area contributed by atoms with Crippen LogP contribution in [-0.4, -0.2) is 37.3 Å². The maximum absolute atomic E-state index is 13.6. The van der Waals surface area contributed by atoms with E-state index >= 15 is 0 Å². The average molecular weight is 497 g/mol. The number of hydrogen-bond acceptors (Lipinski definition) is 3. The minimum Gasteiger partial charge on any atom is -0.298 e. The van der Waals surface area contributed by atoms with Crippen molar-refractivity contribution in [3.63, 3.8) is 0 Å². The van der Waals surface area contributed by atoms with Crippen LogP contribution in [0.5, 0.6) is 0 Å². The molecule has 1 fully saturated rings. The Balaban J connectivity index is 1.47. The molecule has 1 unspecified atom stereocenters. The molecule has 2 aliphatic heterocycles. The van der Waals surface area contributed by atoms with Crippen LogP contribution in [0.25, 0.3) is 0 Å². The van der Waals surface area contributed by atoms with Gasteiger partial charge in [-0.05, 0) is 40.8 Å². The maximum atomic E-state index is 13.6. The summed E-state index contributed by atoms with van der Waals surface area (Å²) in [6.45, 7) is 3.73. The zero-order valence-corrected chi connectivity index (χ0v) is 19.6. The zero-order chi connectivity index (χ0) is 21.4. The minimum atomic E-state index is -3.58. The first-order valence-corrected chi connectivity index (χ1v) is 12.8. The summed E-state index contributed by atoms with van der Waals surface area (Å²) in [4.78, 5) is 2.81. The summed E-state index contributed by atoms with van der Waals surface area (Å²) in [6, 6.07) is 25.9. The van der Waals surface area contributed by atoms with Crippen LogP contribution in [0.1, 0.15) is 22.6 Å². The second-order valence-corrected chi connectivity index (χ2v) is 11.4. The highest BCUT2D eigenvalue weighted by Gasteiger charge is 2.41. The summed E-state index contributed by atoms with van der Waals surface area (Å²) < 4.78 is 29.6. The number of fused-ring (bicyclic) bond motifs is 3. The van der Waals surface area contributed by atoms with Crippen molar-refractivity contribution in [3.8, 4) is 0 Å². The van der Waals surface area contributed by atoms with E-state index in [0.717, 1.165) is 29.7 Å². The Morgan fingerprint density at radius 1 is 0.871 bits per heavy atom. The number of benzene rings is 3. The molecule has 0 saturated carbocycles. The van der Waals surface area contributed by atoms with Crippen LogP contribution >= 0.6 is 15.9 Å². The van der Waals surface area contributed by atoms with Gasteiger partial charge < -0.3 is 0 Å². The standard InChI is InChI=1S/C25H25BrN2O2S/c26-22-10-6-11-23(13-22)31(29,30)28-16-20-9-4-5-12-24(20)25-18-27(15-21(25)17-28)14-19-7-2-1-3-8-19/h1-13,21,25H,14-18H2/t21-,25?/m0/s1. The lowest BCUT2D eigenvalue weighted by Crippen LogP contribution is -2.35. The number of sulfonamides is 1. The lowest BCUT2D eigenvalue weighted by molar-refractivity contribution is 0.293. The summed E-state index contributed by atoms with van der Waals surface area (Å²) in [6.07, 6.45) is 0. The topological polar surface area (TPSA) is 40.6 Å². The largest absolute Gasteiger partial charge is 0.298 e. The summed E-state index contributed by atoms with van der Waals surface area (Å²) in [7, 11) is -3.58. The molecule has 2 atom stereocenters. The third-order valence-electron chi connectivity index (χ3n) is 6.44. The van der Waals surface area contributed by atoms with E-state index in [2.05, 4.69) is 63.3 Å². The highest BCUT2D eigenvalue weighted by Crippen LogP contribution is 2.40. The van der Waals surface area contributed by atoms with Crippen LogP contribution in [-0.2, 0) is 23.1 Å². The summed E-state index contributed by atoms with van der Waals surface area (Å²) in [5, 5.41) is 0. The number of hydrogen-bond donors (Lipinski definition) is 0. The lowest BCUT2D eigenvalue weighted by atomic mass is 9.87. The molecule has 1 saturated heterocycles. The van der Waals surface area contributed by atoms with Crippen molar-refractivity contribution < 1.29 is 8.42 Å². The van der Waals surface area contributed by atoms with Gasteiger partial charge >= 0.3 is 0 Å². The molecule has 4 nitrogen and oxygen atoms in total. The molecule has 0 aliphatic carbocycles. The smallest absolute Gasteiger partial charge is 0.243 e. The van der Waals surface area contributed by atoms with Crippen molar-refractivity contribution in [2.75, 3.05) is 19.6 Å². The van der Waals surface area contributed by atoms with Crippen LogP contribution in [0.2, 0.25) is 0 Å². The molecule has 0 radical (unpaired) electrons. The highest BCUT2D eigenvalue weighted by atomic mass is 79.9. The quantitative estimate of drug-likeness (QED) is 0.517. The molecule has 0 amide bonds.